The summed E-state index contributed by atoms with van der Waals surface area (Å²) in [4.78, 5) is 10.6. The number of quaternary nitrogens is 1. The summed E-state index contributed by atoms with van der Waals surface area (Å²) in [5.74, 6) is -0.328. The van der Waals surface area contributed by atoms with E-state index in [2.05, 4.69) is 31.9 Å². The van der Waals surface area contributed by atoms with Crippen LogP contribution in [0.15, 0.2) is 12.7 Å². The Bertz CT molecular complexity index is 358. The monoisotopic (exact) mass is 297 g/mol. The molecule has 0 fully saturated rings. The van der Waals surface area contributed by atoms with Crippen LogP contribution >= 0.6 is 0 Å². The molecule has 0 amide bonds. The second kappa shape index (κ2) is 9.90. The van der Waals surface area contributed by atoms with Crippen molar-refractivity contribution in [3.05, 3.63) is 12.7 Å². The van der Waals surface area contributed by atoms with Crippen LogP contribution in [0.25, 0.3) is 0 Å². The van der Waals surface area contributed by atoms with Crippen LogP contribution in [0.4, 0.5) is 0 Å². The highest BCUT2D eigenvalue weighted by Crippen LogP contribution is 1.97. The molecule has 0 saturated heterocycles. The van der Waals surface area contributed by atoms with Gasteiger partial charge in [-0.15, -0.1) is 0 Å². The molecule has 0 spiro atoms. The van der Waals surface area contributed by atoms with Gasteiger partial charge in [-0.05, 0) is 12.8 Å². The lowest BCUT2D eigenvalue weighted by Crippen LogP contribution is -2.35. The van der Waals surface area contributed by atoms with Gasteiger partial charge in [0.1, 0.15) is 0 Å². The van der Waals surface area contributed by atoms with Gasteiger partial charge in [0.05, 0.1) is 41.4 Å². The molecule has 0 saturated carbocycles. The summed E-state index contributed by atoms with van der Waals surface area (Å²) in [7, 11) is 2.84. The Morgan fingerprint density at radius 1 is 1.32 bits per heavy atom. The fourth-order valence-corrected chi connectivity index (χ4v) is 0.920. The average Bonchev–Trinajstić information content (AvgIpc) is 2.26. The number of carbonyl (C=O) groups excluding carboxylic acids is 1. The van der Waals surface area contributed by atoms with Gasteiger partial charge in [0.15, 0.2) is 0 Å². The van der Waals surface area contributed by atoms with E-state index in [-0.39, 0.29) is 5.97 Å². The molecule has 0 atom stereocenters. The fraction of sp³-hybridized carbons (Fsp3) is 0.727. The summed E-state index contributed by atoms with van der Waals surface area (Å²) >= 11 is 0. The Morgan fingerprint density at radius 3 is 2.11 bits per heavy atom. The van der Waals surface area contributed by atoms with Crippen molar-refractivity contribution in [2.24, 2.45) is 0 Å². The van der Waals surface area contributed by atoms with Gasteiger partial charge < -0.3 is 13.8 Å². The molecule has 0 aromatic carbocycles. The Morgan fingerprint density at radius 2 is 1.79 bits per heavy atom. The maximum absolute atomic E-state index is 10.6. The van der Waals surface area contributed by atoms with Gasteiger partial charge >= 0.3 is 5.97 Å². The quantitative estimate of drug-likeness (QED) is 0.167. The van der Waals surface area contributed by atoms with E-state index in [1.165, 1.54) is 6.08 Å². The predicted octanol–water partition coefficient (Wildman–Crippen LogP) is 0.295. The number of hydrogen-bond acceptors (Lipinski definition) is 6. The SMILES string of the molecule is C=CC(=O)OCCCC[N+](C)(C)C.COS(=O)(=O)[O-]. The lowest BCUT2D eigenvalue weighted by Gasteiger charge is -2.23. The van der Waals surface area contributed by atoms with E-state index in [1.807, 2.05) is 0 Å². The maximum atomic E-state index is 10.6. The van der Waals surface area contributed by atoms with Gasteiger partial charge in [-0.3, -0.25) is 4.18 Å². The normalized spacial score (nSPS) is 11.2. The number of esters is 1. The predicted molar refractivity (Wildman–Crippen MR) is 70.0 cm³/mol. The minimum Gasteiger partial charge on any atom is -0.726 e. The van der Waals surface area contributed by atoms with Crippen LogP contribution in [0.2, 0.25) is 0 Å². The molecule has 19 heavy (non-hydrogen) atoms. The standard InChI is InChI=1S/C10H20NO2.CH4O4S/c1-5-10(12)13-9-7-6-8-11(2,3)4;1-5-6(2,3)4/h5H,1,6-9H2,2-4H3;1H3,(H,2,3,4)/q+1;/p-1. The van der Waals surface area contributed by atoms with Crippen molar-refractivity contribution in [3.8, 4) is 0 Å². The Hall–Kier alpha value is -0.960. The Labute approximate surface area is 115 Å². The van der Waals surface area contributed by atoms with Crippen molar-refractivity contribution in [1.82, 2.24) is 0 Å². The minimum absolute atomic E-state index is 0.328. The molecule has 0 aliphatic heterocycles. The number of hydrogen-bond donors (Lipinski definition) is 0. The van der Waals surface area contributed by atoms with E-state index in [0.717, 1.165) is 31.0 Å². The molecule has 0 aromatic heterocycles. The number of nitrogens with zero attached hydrogens (tertiary/aromatic N) is 1. The zero-order chi connectivity index (χ0) is 15.5. The second-order valence-electron chi connectivity index (χ2n) is 4.67. The van der Waals surface area contributed by atoms with E-state index in [0.29, 0.717) is 6.61 Å². The van der Waals surface area contributed by atoms with Crippen molar-refractivity contribution < 1.29 is 31.2 Å². The zero-order valence-corrected chi connectivity index (χ0v) is 12.7. The zero-order valence-electron chi connectivity index (χ0n) is 11.9. The molecule has 0 bridgehead atoms. The molecule has 8 heteroatoms. The van der Waals surface area contributed by atoms with Crippen LogP contribution in [0.1, 0.15) is 12.8 Å². The second-order valence-corrected chi connectivity index (χ2v) is 5.82. The summed E-state index contributed by atoms with van der Waals surface area (Å²) in [6.07, 6.45) is 3.20. The summed E-state index contributed by atoms with van der Waals surface area (Å²) in [5.41, 5.74) is 0. The third-order valence-corrected chi connectivity index (χ3v) is 2.25. The van der Waals surface area contributed by atoms with Gasteiger partial charge in [-0.2, -0.15) is 0 Å². The molecular formula is C11H23NO6S. The van der Waals surface area contributed by atoms with E-state index < -0.39 is 10.4 Å². The number of ether oxygens (including phenoxy) is 1. The summed E-state index contributed by atoms with van der Waals surface area (Å²) < 4.78 is 36.8. The minimum atomic E-state index is -4.41. The van der Waals surface area contributed by atoms with Crippen LogP contribution < -0.4 is 0 Å². The molecule has 0 rings (SSSR count). The van der Waals surface area contributed by atoms with Crippen molar-refractivity contribution in [1.29, 1.82) is 0 Å². The first-order valence-electron chi connectivity index (χ1n) is 5.63. The van der Waals surface area contributed by atoms with Crippen molar-refractivity contribution in [3.63, 3.8) is 0 Å². The van der Waals surface area contributed by atoms with E-state index in [9.17, 15) is 17.8 Å². The highest BCUT2D eigenvalue weighted by atomic mass is 32.3. The molecule has 0 aliphatic rings. The van der Waals surface area contributed by atoms with Crippen LogP contribution in [-0.4, -0.2) is 64.8 Å². The van der Waals surface area contributed by atoms with Gasteiger partial charge in [0.25, 0.3) is 0 Å². The molecule has 7 nitrogen and oxygen atoms in total. The van der Waals surface area contributed by atoms with Gasteiger partial charge in [0.2, 0.25) is 10.4 Å². The van der Waals surface area contributed by atoms with Crippen LogP contribution in [0.5, 0.6) is 0 Å². The van der Waals surface area contributed by atoms with Crippen LogP contribution in [0.3, 0.4) is 0 Å². The molecule has 0 heterocycles. The summed E-state index contributed by atoms with van der Waals surface area (Å²) in [5, 5.41) is 0. The van der Waals surface area contributed by atoms with E-state index >= 15 is 0 Å². The maximum Gasteiger partial charge on any atom is 0.330 e. The molecule has 0 unspecified atom stereocenters. The summed E-state index contributed by atoms with van der Waals surface area (Å²) in [6, 6.07) is 0. The fourth-order valence-electron chi connectivity index (χ4n) is 0.920. The Balaban J connectivity index is 0. The van der Waals surface area contributed by atoms with E-state index in [1.54, 1.807) is 0 Å². The van der Waals surface area contributed by atoms with Crippen LogP contribution in [0, 0.1) is 0 Å². The number of unbranched alkanes of at least 4 members (excludes halogenated alkanes) is 1. The highest BCUT2D eigenvalue weighted by Gasteiger charge is 2.05. The smallest absolute Gasteiger partial charge is 0.330 e. The van der Waals surface area contributed by atoms with Crippen molar-refractivity contribution in [2.75, 3.05) is 41.4 Å². The third-order valence-electron chi connectivity index (χ3n) is 1.84. The highest BCUT2D eigenvalue weighted by molar-refractivity contribution is 7.80. The first-order valence-corrected chi connectivity index (χ1v) is 6.96. The van der Waals surface area contributed by atoms with Crippen molar-refractivity contribution in [2.45, 2.75) is 12.8 Å². The van der Waals surface area contributed by atoms with Gasteiger partial charge in [0, 0.05) is 6.08 Å². The topological polar surface area (TPSA) is 92.7 Å². The Kier molecular flexibility index (Phi) is 10.6. The lowest BCUT2D eigenvalue weighted by molar-refractivity contribution is -0.870. The number of carbonyl (C=O) groups is 1. The molecule has 0 aliphatic carbocycles. The first kappa shape index (κ1) is 20.4. The molecule has 0 radical (unpaired) electrons. The van der Waals surface area contributed by atoms with Gasteiger partial charge in [-0.25, -0.2) is 13.2 Å². The molecular weight excluding hydrogens is 274 g/mol. The molecule has 0 aromatic rings. The van der Waals surface area contributed by atoms with E-state index in [4.69, 9.17) is 4.74 Å². The largest absolute Gasteiger partial charge is 0.726 e. The molecule has 0 N–H and O–H groups in total. The third kappa shape index (κ3) is 22.7. The molecule has 114 valence electrons. The first-order chi connectivity index (χ1) is 8.52. The summed E-state index contributed by atoms with van der Waals surface area (Å²) in [6.45, 7) is 4.93. The van der Waals surface area contributed by atoms with Crippen molar-refractivity contribution >= 4 is 16.4 Å². The van der Waals surface area contributed by atoms with Crippen LogP contribution in [-0.2, 0) is 24.1 Å². The van der Waals surface area contributed by atoms with Gasteiger partial charge in [-0.1, -0.05) is 6.58 Å². The lowest BCUT2D eigenvalue weighted by atomic mass is 10.3. The average molecular weight is 297 g/mol. The number of rotatable bonds is 7.